The van der Waals surface area contributed by atoms with Crippen LogP contribution in [-0.4, -0.2) is 22.2 Å². The molecule has 0 spiro atoms. The summed E-state index contributed by atoms with van der Waals surface area (Å²) in [5.41, 5.74) is -0.967. The molecule has 0 heterocycles. The molecule has 0 amide bonds. The van der Waals surface area contributed by atoms with Crippen molar-refractivity contribution in [1.82, 2.24) is 0 Å². The first-order valence-electron chi connectivity index (χ1n) is 4.14. The minimum atomic E-state index is -0.805. The third-order valence-corrected chi connectivity index (χ3v) is 1.96. The molecule has 0 fully saturated rings. The number of methoxy groups -OCH3 is 1. The van der Waals surface area contributed by atoms with Crippen LogP contribution in [0.5, 0.6) is 5.75 Å². The predicted octanol–water partition coefficient (Wildman–Crippen LogP) is 1.81. The van der Waals surface area contributed by atoms with Crippen LogP contribution < -0.4 is 4.74 Å². The lowest BCUT2D eigenvalue weighted by molar-refractivity contribution is -0.394. The van der Waals surface area contributed by atoms with Crippen LogP contribution in [0.15, 0.2) is 18.2 Å². The Morgan fingerprint density at radius 1 is 1.29 bits per heavy atom. The summed E-state index contributed by atoms with van der Waals surface area (Å²) in [5.74, 6) is -0.215. The van der Waals surface area contributed by atoms with E-state index in [1.807, 2.05) is 0 Å². The summed E-state index contributed by atoms with van der Waals surface area (Å²) < 4.78 is 9.35. The van der Waals surface area contributed by atoms with Crippen molar-refractivity contribution in [3.05, 3.63) is 38.4 Å². The lowest BCUT2D eigenvalue weighted by Gasteiger charge is -2.05. The number of benzene rings is 1. The summed E-state index contributed by atoms with van der Waals surface area (Å²) in [7, 11) is 1.24. The summed E-state index contributed by atoms with van der Waals surface area (Å²) >= 11 is 4.57. The van der Waals surface area contributed by atoms with Gasteiger partial charge in [0, 0.05) is 18.3 Å². The Morgan fingerprint density at radius 2 is 1.94 bits per heavy atom. The minimum absolute atomic E-state index is 0.215. The molecule has 0 atom stereocenters. The van der Waals surface area contributed by atoms with E-state index < -0.39 is 21.2 Å². The SMILES string of the molecule is COC(=S)Oc1ccc([N+](=O)[O-])cc1[N+](=O)[O-]. The Bertz CT molecular complexity index is 489. The molecule has 1 rings (SSSR count). The van der Waals surface area contributed by atoms with Crippen molar-refractivity contribution in [2.24, 2.45) is 0 Å². The smallest absolute Gasteiger partial charge is 0.357 e. The second-order valence-corrected chi connectivity index (χ2v) is 3.06. The van der Waals surface area contributed by atoms with Crippen LogP contribution in [0.1, 0.15) is 0 Å². The Hall–Kier alpha value is -2.29. The summed E-state index contributed by atoms with van der Waals surface area (Å²) in [6.07, 6.45) is 0. The highest BCUT2D eigenvalue weighted by molar-refractivity contribution is 7.79. The lowest BCUT2D eigenvalue weighted by atomic mass is 10.2. The second kappa shape index (κ2) is 5.16. The maximum atomic E-state index is 10.7. The van der Waals surface area contributed by atoms with Gasteiger partial charge >= 0.3 is 10.9 Å². The summed E-state index contributed by atoms with van der Waals surface area (Å²) in [4.78, 5) is 19.6. The molecule has 0 aromatic heterocycles. The fraction of sp³-hybridized carbons (Fsp3) is 0.125. The van der Waals surface area contributed by atoms with Crippen molar-refractivity contribution in [3.8, 4) is 5.75 Å². The first kappa shape index (κ1) is 12.8. The van der Waals surface area contributed by atoms with Gasteiger partial charge in [-0.15, -0.1) is 0 Å². The quantitative estimate of drug-likeness (QED) is 0.462. The molecule has 0 aliphatic rings. The maximum Gasteiger partial charge on any atom is 0.357 e. The van der Waals surface area contributed by atoms with E-state index in [9.17, 15) is 20.2 Å². The van der Waals surface area contributed by atoms with Crippen molar-refractivity contribution in [3.63, 3.8) is 0 Å². The summed E-state index contributed by atoms with van der Waals surface area (Å²) in [6.45, 7) is 0. The van der Waals surface area contributed by atoms with Gasteiger partial charge in [-0.05, 0) is 6.07 Å². The largest absolute Gasteiger partial charge is 0.460 e. The lowest BCUT2D eigenvalue weighted by Crippen LogP contribution is -2.08. The van der Waals surface area contributed by atoms with Crippen LogP contribution in [-0.2, 0) is 4.74 Å². The normalized spacial score (nSPS) is 9.47. The molecule has 1 aromatic carbocycles. The van der Waals surface area contributed by atoms with Crippen LogP contribution in [0.4, 0.5) is 11.4 Å². The van der Waals surface area contributed by atoms with Crippen LogP contribution in [0.2, 0.25) is 0 Å². The molecule has 0 radical (unpaired) electrons. The molecule has 0 saturated heterocycles. The average molecular weight is 258 g/mol. The van der Waals surface area contributed by atoms with Gasteiger partial charge in [0.1, 0.15) is 0 Å². The monoisotopic (exact) mass is 258 g/mol. The number of nitro groups is 2. The van der Waals surface area contributed by atoms with E-state index >= 15 is 0 Å². The maximum absolute atomic E-state index is 10.7. The fourth-order valence-electron chi connectivity index (χ4n) is 0.980. The van der Waals surface area contributed by atoms with Gasteiger partial charge in [-0.25, -0.2) is 0 Å². The molecule has 0 bridgehead atoms. The number of rotatable bonds is 3. The number of non-ortho nitro benzene ring substituents is 1. The molecule has 1 aromatic rings. The molecule has 17 heavy (non-hydrogen) atoms. The van der Waals surface area contributed by atoms with Crippen LogP contribution in [0.3, 0.4) is 0 Å². The minimum Gasteiger partial charge on any atom is -0.460 e. The van der Waals surface area contributed by atoms with Crippen LogP contribution in [0, 0.1) is 20.2 Å². The van der Waals surface area contributed by atoms with Gasteiger partial charge in [-0.3, -0.25) is 20.2 Å². The standard InChI is InChI=1S/C8H6N2O6S/c1-15-8(17)16-7-3-2-5(9(11)12)4-6(7)10(13)14/h2-4H,1H3. The number of nitrogens with zero attached hydrogens (tertiary/aromatic N) is 2. The van der Waals surface area contributed by atoms with Crippen LogP contribution >= 0.6 is 12.2 Å². The van der Waals surface area contributed by atoms with E-state index in [2.05, 4.69) is 17.0 Å². The summed E-state index contributed by atoms with van der Waals surface area (Å²) in [5, 5.41) is 20.8. The fourth-order valence-corrected chi connectivity index (χ4v) is 1.07. The highest BCUT2D eigenvalue weighted by atomic mass is 32.1. The zero-order valence-corrected chi connectivity index (χ0v) is 9.30. The van der Waals surface area contributed by atoms with Crippen molar-refractivity contribution in [2.75, 3.05) is 7.11 Å². The van der Waals surface area contributed by atoms with Crippen molar-refractivity contribution >= 4 is 28.8 Å². The first-order valence-corrected chi connectivity index (χ1v) is 4.55. The molecule has 0 aliphatic heterocycles. The van der Waals surface area contributed by atoms with Crippen molar-refractivity contribution in [2.45, 2.75) is 0 Å². The van der Waals surface area contributed by atoms with E-state index in [1.165, 1.54) is 7.11 Å². The van der Waals surface area contributed by atoms with E-state index in [1.54, 1.807) is 0 Å². The van der Waals surface area contributed by atoms with Gasteiger partial charge in [0.2, 0.25) is 5.75 Å². The molecule has 0 saturated carbocycles. The molecular weight excluding hydrogens is 252 g/mol. The zero-order chi connectivity index (χ0) is 13.0. The van der Waals surface area contributed by atoms with E-state index in [-0.39, 0.29) is 11.0 Å². The van der Waals surface area contributed by atoms with Gasteiger partial charge in [0.05, 0.1) is 23.0 Å². The number of hydrogen-bond acceptors (Lipinski definition) is 7. The first-order chi connectivity index (χ1) is 7.95. The van der Waals surface area contributed by atoms with Crippen LogP contribution in [0.25, 0.3) is 0 Å². The average Bonchev–Trinajstić information content (AvgIpc) is 2.28. The van der Waals surface area contributed by atoms with E-state index in [4.69, 9.17) is 4.74 Å². The Labute approximate surface area is 100 Å². The van der Waals surface area contributed by atoms with Crippen molar-refractivity contribution < 1.29 is 19.3 Å². The van der Waals surface area contributed by atoms with E-state index in [0.29, 0.717) is 0 Å². The zero-order valence-electron chi connectivity index (χ0n) is 8.48. The Balaban J connectivity index is 3.17. The van der Waals surface area contributed by atoms with Gasteiger partial charge < -0.3 is 9.47 Å². The number of nitro benzene ring substituents is 2. The molecule has 0 unspecified atom stereocenters. The predicted molar refractivity (Wildman–Crippen MR) is 60.0 cm³/mol. The van der Waals surface area contributed by atoms with Crippen molar-refractivity contribution in [1.29, 1.82) is 0 Å². The molecular formula is C8H6N2O6S. The summed E-state index contributed by atoms with van der Waals surface area (Å²) in [6, 6.07) is 2.94. The Kier molecular flexibility index (Phi) is 3.88. The topological polar surface area (TPSA) is 105 Å². The van der Waals surface area contributed by atoms with Gasteiger partial charge in [0.25, 0.3) is 5.69 Å². The molecule has 9 heteroatoms. The highest BCUT2D eigenvalue weighted by Gasteiger charge is 2.21. The molecule has 0 N–H and O–H groups in total. The van der Waals surface area contributed by atoms with E-state index in [0.717, 1.165) is 18.2 Å². The number of thiocarbonyl (C=S) groups is 1. The van der Waals surface area contributed by atoms with Gasteiger partial charge in [-0.2, -0.15) is 0 Å². The molecule has 90 valence electrons. The molecule has 0 aliphatic carbocycles. The Morgan fingerprint density at radius 3 is 2.41 bits per heavy atom. The third kappa shape index (κ3) is 3.08. The van der Waals surface area contributed by atoms with Gasteiger partial charge in [0.15, 0.2) is 0 Å². The molecule has 8 nitrogen and oxygen atoms in total. The third-order valence-electron chi connectivity index (χ3n) is 1.71. The highest BCUT2D eigenvalue weighted by Crippen LogP contribution is 2.31. The van der Waals surface area contributed by atoms with Gasteiger partial charge in [-0.1, -0.05) is 0 Å². The number of ether oxygens (including phenoxy) is 2. The second-order valence-electron chi connectivity index (χ2n) is 2.72. The number of hydrogen-bond donors (Lipinski definition) is 0.